The highest BCUT2D eigenvalue weighted by Crippen LogP contribution is 2.45. The van der Waals surface area contributed by atoms with Gasteiger partial charge in [-0.25, -0.2) is 0 Å². The lowest BCUT2D eigenvalue weighted by Crippen LogP contribution is -2.26. The van der Waals surface area contributed by atoms with Crippen molar-refractivity contribution in [1.29, 1.82) is 5.26 Å². The molecule has 3 aromatic carbocycles. The van der Waals surface area contributed by atoms with Crippen LogP contribution in [0.4, 0.5) is 10.7 Å². The highest BCUT2D eigenvalue weighted by Gasteiger charge is 2.33. The minimum absolute atomic E-state index is 0.178. The van der Waals surface area contributed by atoms with Gasteiger partial charge in [-0.2, -0.15) is 5.26 Å². The van der Waals surface area contributed by atoms with Gasteiger partial charge < -0.3 is 10.6 Å². The smallest absolute Gasteiger partial charge is 0.255 e. The first-order valence-electron chi connectivity index (χ1n) is 14.2. The summed E-state index contributed by atoms with van der Waals surface area (Å²) in [5.74, 6) is 0.186. The van der Waals surface area contributed by atoms with Gasteiger partial charge in [0.2, 0.25) is 5.91 Å². The summed E-state index contributed by atoms with van der Waals surface area (Å²) in [5, 5.41) is 16.3. The molecular weight excluding hydrogens is 559 g/mol. The van der Waals surface area contributed by atoms with Crippen molar-refractivity contribution in [1.82, 2.24) is 0 Å². The Morgan fingerprint density at radius 2 is 1.76 bits per heavy atom. The van der Waals surface area contributed by atoms with E-state index in [4.69, 9.17) is 0 Å². The number of benzene rings is 3. The maximum atomic E-state index is 13.9. The maximum absolute atomic E-state index is 13.9. The third-order valence-corrected chi connectivity index (χ3v) is 10.2. The number of nitrogens with one attached hydrogen (secondary N) is 2. The second-order valence-corrected chi connectivity index (χ2v) is 14.2. The number of nitrogens with zero attached hydrogens (tertiary/aromatic N) is 1. The first kappa shape index (κ1) is 29.6. The van der Waals surface area contributed by atoms with Crippen molar-refractivity contribution < 1.29 is 9.59 Å². The van der Waals surface area contributed by atoms with Crippen LogP contribution in [-0.4, -0.2) is 11.8 Å². The number of fused-ring (bicyclic) bond motifs is 1. The molecule has 214 valence electrons. The van der Waals surface area contributed by atoms with Crippen molar-refractivity contribution in [3.63, 3.8) is 0 Å². The minimum atomic E-state index is -0.554. The fourth-order valence-corrected chi connectivity index (χ4v) is 7.75. The van der Waals surface area contributed by atoms with E-state index >= 15 is 0 Å². The average molecular weight is 594 g/mol. The van der Waals surface area contributed by atoms with E-state index in [2.05, 4.69) is 37.5 Å². The van der Waals surface area contributed by atoms with E-state index in [1.807, 2.05) is 79.7 Å². The molecule has 2 N–H and O–H groups in total. The summed E-state index contributed by atoms with van der Waals surface area (Å²) in [6.07, 6.45) is 2.85. The Morgan fingerprint density at radius 1 is 1.00 bits per heavy atom. The molecule has 5 nitrogen and oxygen atoms in total. The number of amides is 2. The summed E-state index contributed by atoms with van der Waals surface area (Å²) in [6.45, 7) is 8.77. The maximum Gasteiger partial charge on any atom is 0.255 e. The molecule has 0 saturated carbocycles. The van der Waals surface area contributed by atoms with Gasteiger partial charge in [0.25, 0.3) is 5.91 Å². The lowest BCUT2D eigenvalue weighted by molar-refractivity contribution is -0.115. The molecule has 7 heteroatoms. The zero-order valence-electron chi connectivity index (χ0n) is 24.4. The summed E-state index contributed by atoms with van der Waals surface area (Å²) in [4.78, 5) is 28.8. The van der Waals surface area contributed by atoms with Gasteiger partial charge >= 0.3 is 0 Å². The number of rotatable bonds is 7. The van der Waals surface area contributed by atoms with Crippen LogP contribution in [0.25, 0.3) is 0 Å². The molecule has 2 atom stereocenters. The zero-order chi connectivity index (χ0) is 29.9. The number of thiophene rings is 1. The highest BCUT2D eigenvalue weighted by molar-refractivity contribution is 8.00. The van der Waals surface area contributed by atoms with E-state index in [1.54, 1.807) is 17.4 Å². The van der Waals surface area contributed by atoms with Crippen LogP contribution in [0.5, 0.6) is 0 Å². The number of carbonyl (C=O) groups is 2. The van der Waals surface area contributed by atoms with Crippen LogP contribution in [-0.2, 0) is 17.6 Å². The number of thioether (sulfide) groups is 1. The minimum Gasteiger partial charge on any atom is -0.322 e. The van der Waals surface area contributed by atoms with E-state index in [0.717, 1.165) is 40.8 Å². The standard InChI is InChI=1S/C35H35N3O2S2/c1-22-10-8-13-24(18-22)32(39)37-26-14-9-15-27(20-26)41-31(23-11-6-5-7-12-23)33(40)38-34-29(21-36)28-17-16-25(35(2,3)4)19-30(28)42-34/h5-15,18,20,25,31H,16-17,19H2,1-4H3,(H,37,39)(H,38,40). The Hall–Kier alpha value is -3.86. The molecule has 1 aliphatic rings. The quantitative estimate of drug-likeness (QED) is 0.210. The number of aryl methyl sites for hydroxylation is 1. The number of nitriles is 1. The van der Waals surface area contributed by atoms with Crippen LogP contribution in [0.2, 0.25) is 0 Å². The molecule has 0 fully saturated rings. The Morgan fingerprint density at radius 3 is 2.48 bits per heavy atom. The van der Waals surface area contributed by atoms with Gasteiger partial charge in [0.15, 0.2) is 0 Å². The second kappa shape index (κ2) is 12.6. The molecule has 4 aromatic rings. The first-order chi connectivity index (χ1) is 20.1. The van der Waals surface area contributed by atoms with Gasteiger partial charge in [0, 0.05) is 21.0 Å². The molecule has 42 heavy (non-hydrogen) atoms. The fourth-order valence-electron chi connectivity index (χ4n) is 5.38. The Bertz CT molecular complexity index is 1650. The Labute approximate surface area is 256 Å². The van der Waals surface area contributed by atoms with E-state index in [0.29, 0.717) is 27.7 Å². The largest absolute Gasteiger partial charge is 0.322 e. The summed E-state index contributed by atoms with van der Waals surface area (Å²) in [6, 6.07) is 27.0. The molecule has 0 bridgehead atoms. The van der Waals surface area contributed by atoms with Crippen molar-refractivity contribution >= 4 is 45.6 Å². The molecule has 1 aliphatic carbocycles. The van der Waals surface area contributed by atoms with Gasteiger partial charge in [-0.3, -0.25) is 9.59 Å². The summed E-state index contributed by atoms with van der Waals surface area (Å²) in [7, 11) is 0. The topological polar surface area (TPSA) is 82.0 Å². The molecule has 2 unspecified atom stereocenters. The fraction of sp³-hybridized carbons (Fsp3) is 0.286. The molecule has 0 spiro atoms. The molecule has 5 rings (SSSR count). The SMILES string of the molecule is Cc1cccc(C(=O)Nc2cccc(SC(C(=O)Nc3sc4c(c3C#N)CCC(C(C)(C)C)C4)c3ccccc3)c2)c1. The lowest BCUT2D eigenvalue weighted by Gasteiger charge is -2.33. The predicted octanol–water partition coefficient (Wildman–Crippen LogP) is 8.80. The van der Waals surface area contributed by atoms with Gasteiger partial charge in [0.1, 0.15) is 16.3 Å². The van der Waals surface area contributed by atoms with Crippen molar-refractivity contribution in [2.24, 2.45) is 11.3 Å². The molecule has 2 amide bonds. The Balaban J connectivity index is 1.38. The summed E-state index contributed by atoms with van der Waals surface area (Å²) >= 11 is 2.97. The van der Waals surface area contributed by atoms with Crippen LogP contribution >= 0.6 is 23.1 Å². The molecule has 1 aromatic heterocycles. The highest BCUT2D eigenvalue weighted by atomic mass is 32.2. The van der Waals surface area contributed by atoms with E-state index in [-0.39, 0.29) is 17.2 Å². The predicted molar refractivity (Wildman–Crippen MR) is 173 cm³/mol. The van der Waals surface area contributed by atoms with Crippen LogP contribution in [0.3, 0.4) is 0 Å². The van der Waals surface area contributed by atoms with Crippen LogP contribution < -0.4 is 10.6 Å². The third kappa shape index (κ3) is 6.78. The van der Waals surface area contributed by atoms with Crippen molar-refractivity contribution in [3.05, 3.63) is 112 Å². The average Bonchev–Trinajstić information content (AvgIpc) is 3.32. The van der Waals surface area contributed by atoms with Crippen LogP contribution in [0, 0.1) is 29.6 Å². The second-order valence-electron chi connectivity index (χ2n) is 11.9. The van der Waals surface area contributed by atoms with Crippen LogP contribution in [0.15, 0.2) is 83.8 Å². The van der Waals surface area contributed by atoms with Gasteiger partial charge in [-0.05, 0) is 79.0 Å². The van der Waals surface area contributed by atoms with Crippen molar-refractivity contribution in [2.45, 2.75) is 57.1 Å². The molecule has 0 radical (unpaired) electrons. The Kier molecular flexibility index (Phi) is 8.86. The van der Waals surface area contributed by atoms with E-state index in [9.17, 15) is 14.9 Å². The number of anilines is 2. The number of hydrogen-bond acceptors (Lipinski definition) is 5. The summed E-state index contributed by atoms with van der Waals surface area (Å²) < 4.78 is 0. The normalized spacial score (nSPS) is 15.3. The third-order valence-electron chi connectivity index (χ3n) is 7.81. The van der Waals surface area contributed by atoms with E-state index < -0.39 is 5.25 Å². The zero-order valence-corrected chi connectivity index (χ0v) is 26.0. The number of carbonyl (C=O) groups excluding carboxylic acids is 2. The monoisotopic (exact) mass is 593 g/mol. The first-order valence-corrected chi connectivity index (χ1v) is 15.9. The molecule has 1 heterocycles. The van der Waals surface area contributed by atoms with E-state index in [1.165, 1.54) is 16.6 Å². The van der Waals surface area contributed by atoms with Gasteiger partial charge in [-0.1, -0.05) is 74.9 Å². The van der Waals surface area contributed by atoms with Crippen molar-refractivity contribution in [3.8, 4) is 6.07 Å². The van der Waals surface area contributed by atoms with Gasteiger partial charge in [-0.15, -0.1) is 23.1 Å². The van der Waals surface area contributed by atoms with Crippen LogP contribution in [0.1, 0.15) is 69.9 Å². The molecular formula is C35H35N3O2S2. The number of hydrogen-bond donors (Lipinski definition) is 2. The molecule has 0 aliphatic heterocycles. The van der Waals surface area contributed by atoms with Crippen molar-refractivity contribution in [2.75, 3.05) is 10.6 Å². The lowest BCUT2D eigenvalue weighted by atomic mass is 9.72. The molecule has 0 saturated heterocycles. The van der Waals surface area contributed by atoms with Gasteiger partial charge in [0.05, 0.1) is 5.56 Å². The summed E-state index contributed by atoms with van der Waals surface area (Å²) in [5.41, 5.74) is 5.03.